The molecular formula is C15H12ClFN4. The topological polar surface area (TPSA) is 56.7 Å². The highest BCUT2D eigenvalue weighted by Gasteiger charge is 2.06. The number of anilines is 1. The Labute approximate surface area is 126 Å². The maximum absolute atomic E-state index is 13.1. The molecule has 0 amide bonds. The number of hydrogen-bond donors (Lipinski definition) is 1. The molecule has 21 heavy (non-hydrogen) atoms. The lowest BCUT2D eigenvalue weighted by molar-refractivity contribution is 0.625. The summed E-state index contributed by atoms with van der Waals surface area (Å²) in [4.78, 5) is 4.26. The van der Waals surface area contributed by atoms with E-state index in [1.54, 1.807) is 35.3 Å². The zero-order chi connectivity index (χ0) is 14.8. The molecule has 3 rings (SSSR count). The molecule has 106 valence electrons. The molecule has 1 heterocycles. The number of nitrogen functional groups attached to an aromatic ring is 1. The van der Waals surface area contributed by atoms with E-state index in [-0.39, 0.29) is 5.02 Å². The molecule has 0 atom stereocenters. The molecule has 2 aromatic carbocycles. The number of rotatable bonds is 3. The minimum Gasteiger partial charge on any atom is -0.399 e. The van der Waals surface area contributed by atoms with Gasteiger partial charge in [-0.3, -0.25) is 0 Å². The highest BCUT2D eigenvalue weighted by molar-refractivity contribution is 6.30. The van der Waals surface area contributed by atoms with Gasteiger partial charge in [0.05, 0.1) is 11.6 Å². The molecule has 4 nitrogen and oxygen atoms in total. The van der Waals surface area contributed by atoms with Crippen LogP contribution in [0.3, 0.4) is 0 Å². The number of halogens is 2. The number of nitrogens with zero attached hydrogens (tertiary/aromatic N) is 3. The van der Waals surface area contributed by atoms with Crippen molar-refractivity contribution in [1.29, 1.82) is 0 Å². The number of hydrogen-bond acceptors (Lipinski definition) is 3. The first kappa shape index (κ1) is 13.6. The van der Waals surface area contributed by atoms with Gasteiger partial charge >= 0.3 is 0 Å². The molecule has 0 spiro atoms. The van der Waals surface area contributed by atoms with Crippen molar-refractivity contribution in [1.82, 2.24) is 14.8 Å². The van der Waals surface area contributed by atoms with Crippen LogP contribution in [0.15, 0.2) is 48.8 Å². The van der Waals surface area contributed by atoms with Crippen LogP contribution in [0.25, 0.3) is 11.4 Å². The lowest BCUT2D eigenvalue weighted by Gasteiger charge is -2.02. The highest BCUT2D eigenvalue weighted by Crippen LogP contribution is 2.18. The second-order valence-electron chi connectivity index (χ2n) is 4.64. The maximum Gasteiger partial charge on any atom is 0.181 e. The van der Waals surface area contributed by atoms with E-state index in [0.29, 0.717) is 18.1 Å². The van der Waals surface area contributed by atoms with Crippen LogP contribution in [0.1, 0.15) is 5.56 Å². The molecule has 0 bridgehead atoms. The van der Waals surface area contributed by atoms with Gasteiger partial charge in [-0.1, -0.05) is 17.7 Å². The van der Waals surface area contributed by atoms with Gasteiger partial charge in [0.1, 0.15) is 12.1 Å². The summed E-state index contributed by atoms with van der Waals surface area (Å²) in [6.07, 6.45) is 1.63. The zero-order valence-electron chi connectivity index (χ0n) is 11.0. The zero-order valence-corrected chi connectivity index (χ0v) is 11.8. The van der Waals surface area contributed by atoms with Crippen LogP contribution in [-0.4, -0.2) is 14.8 Å². The average Bonchev–Trinajstić information content (AvgIpc) is 2.92. The summed E-state index contributed by atoms with van der Waals surface area (Å²) >= 11 is 5.76. The largest absolute Gasteiger partial charge is 0.399 e. The van der Waals surface area contributed by atoms with Crippen molar-refractivity contribution in [3.05, 3.63) is 65.2 Å². The molecule has 6 heteroatoms. The Morgan fingerprint density at radius 1 is 1.14 bits per heavy atom. The van der Waals surface area contributed by atoms with Gasteiger partial charge in [-0.05, 0) is 42.0 Å². The SMILES string of the molecule is Nc1ccc(-c2ncn(Cc3ccc(F)c(Cl)c3)n2)cc1. The summed E-state index contributed by atoms with van der Waals surface area (Å²) < 4.78 is 14.8. The smallest absolute Gasteiger partial charge is 0.181 e. The van der Waals surface area contributed by atoms with Crippen LogP contribution in [0, 0.1) is 5.82 Å². The Morgan fingerprint density at radius 3 is 2.62 bits per heavy atom. The average molecular weight is 303 g/mol. The van der Waals surface area contributed by atoms with Gasteiger partial charge < -0.3 is 5.73 Å². The van der Waals surface area contributed by atoms with Crippen molar-refractivity contribution in [2.45, 2.75) is 6.54 Å². The summed E-state index contributed by atoms with van der Waals surface area (Å²) in [5, 5.41) is 4.49. The second-order valence-corrected chi connectivity index (χ2v) is 5.04. The fraction of sp³-hybridized carbons (Fsp3) is 0.0667. The molecule has 1 aromatic heterocycles. The van der Waals surface area contributed by atoms with E-state index < -0.39 is 5.82 Å². The molecular weight excluding hydrogens is 291 g/mol. The van der Waals surface area contributed by atoms with E-state index in [9.17, 15) is 4.39 Å². The third kappa shape index (κ3) is 3.03. The number of aromatic nitrogens is 3. The summed E-state index contributed by atoms with van der Waals surface area (Å²) in [7, 11) is 0. The lowest BCUT2D eigenvalue weighted by atomic mass is 10.2. The predicted octanol–water partition coefficient (Wildman–Crippen LogP) is 3.37. The minimum atomic E-state index is -0.429. The first-order valence-electron chi connectivity index (χ1n) is 6.31. The van der Waals surface area contributed by atoms with E-state index in [4.69, 9.17) is 17.3 Å². The summed E-state index contributed by atoms with van der Waals surface area (Å²) in [5.41, 5.74) is 8.09. The van der Waals surface area contributed by atoms with Gasteiger partial charge in [-0.25, -0.2) is 14.1 Å². The normalized spacial score (nSPS) is 10.8. The van der Waals surface area contributed by atoms with Crippen molar-refractivity contribution >= 4 is 17.3 Å². The van der Waals surface area contributed by atoms with E-state index in [2.05, 4.69) is 10.1 Å². The quantitative estimate of drug-likeness (QED) is 0.755. The summed E-state index contributed by atoms with van der Waals surface area (Å²) in [6.45, 7) is 0.474. The standard InChI is InChI=1S/C15H12ClFN4/c16-13-7-10(1-6-14(13)17)8-21-9-19-15(20-21)11-2-4-12(18)5-3-11/h1-7,9H,8,18H2. The van der Waals surface area contributed by atoms with E-state index >= 15 is 0 Å². The molecule has 0 saturated carbocycles. The van der Waals surface area contributed by atoms with Gasteiger partial charge in [0.25, 0.3) is 0 Å². The van der Waals surface area contributed by atoms with Crippen LogP contribution in [0.2, 0.25) is 5.02 Å². The maximum atomic E-state index is 13.1. The highest BCUT2D eigenvalue weighted by atomic mass is 35.5. The Kier molecular flexibility index (Phi) is 3.58. The van der Waals surface area contributed by atoms with Crippen LogP contribution in [-0.2, 0) is 6.54 Å². The Morgan fingerprint density at radius 2 is 1.90 bits per heavy atom. The summed E-state index contributed by atoms with van der Waals surface area (Å²) in [5.74, 6) is 0.185. The summed E-state index contributed by atoms with van der Waals surface area (Å²) in [6, 6.07) is 11.9. The van der Waals surface area contributed by atoms with Crippen molar-refractivity contribution in [3.8, 4) is 11.4 Å². The fourth-order valence-electron chi connectivity index (χ4n) is 1.96. The first-order chi connectivity index (χ1) is 10.1. The van der Waals surface area contributed by atoms with Gasteiger partial charge in [0.2, 0.25) is 0 Å². The van der Waals surface area contributed by atoms with E-state index in [1.807, 2.05) is 12.1 Å². The van der Waals surface area contributed by atoms with Gasteiger partial charge in [-0.2, -0.15) is 5.10 Å². The molecule has 0 aliphatic heterocycles. The van der Waals surface area contributed by atoms with Crippen molar-refractivity contribution in [3.63, 3.8) is 0 Å². The van der Waals surface area contributed by atoms with Crippen LogP contribution >= 0.6 is 11.6 Å². The third-order valence-electron chi connectivity index (χ3n) is 3.03. The number of benzene rings is 2. The van der Waals surface area contributed by atoms with Gasteiger partial charge in [0, 0.05) is 11.3 Å². The van der Waals surface area contributed by atoms with Gasteiger partial charge in [0.15, 0.2) is 5.82 Å². The van der Waals surface area contributed by atoms with Crippen molar-refractivity contribution in [2.75, 3.05) is 5.73 Å². The molecule has 3 aromatic rings. The predicted molar refractivity (Wildman–Crippen MR) is 80.4 cm³/mol. The van der Waals surface area contributed by atoms with E-state index in [1.165, 1.54) is 6.07 Å². The lowest BCUT2D eigenvalue weighted by Crippen LogP contribution is -2.00. The van der Waals surface area contributed by atoms with Crippen molar-refractivity contribution in [2.24, 2.45) is 0 Å². The Hall–Kier alpha value is -2.40. The molecule has 0 radical (unpaired) electrons. The molecule has 0 aliphatic rings. The first-order valence-corrected chi connectivity index (χ1v) is 6.69. The Balaban J connectivity index is 1.81. The molecule has 0 aliphatic carbocycles. The van der Waals surface area contributed by atoms with Crippen LogP contribution in [0.5, 0.6) is 0 Å². The number of nitrogens with two attached hydrogens (primary N) is 1. The third-order valence-corrected chi connectivity index (χ3v) is 3.32. The van der Waals surface area contributed by atoms with Crippen molar-refractivity contribution < 1.29 is 4.39 Å². The molecule has 0 saturated heterocycles. The fourth-order valence-corrected chi connectivity index (χ4v) is 2.16. The van der Waals surface area contributed by atoms with Crippen LogP contribution < -0.4 is 5.73 Å². The molecule has 0 fully saturated rings. The van der Waals surface area contributed by atoms with Crippen LogP contribution in [0.4, 0.5) is 10.1 Å². The second kappa shape index (κ2) is 5.54. The monoisotopic (exact) mass is 302 g/mol. The minimum absolute atomic E-state index is 0.103. The van der Waals surface area contributed by atoms with E-state index in [0.717, 1.165) is 11.1 Å². The van der Waals surface area contributed by atoms with Gasteiger partial charge in [-0.15, -0.1) is 0 Å². The molecule has 2 N–H and O–H groups in total. The Bertz CT molecular complexity index is 768. The molecule has 0 unspecified atom stereocenters.